The summed E-state index contributed by atoms with van der Waals surface area (Å²) >= 11 is 0. The van der Waals surface area contributed by atoms with Gasteiger partial charge in [-0.3, -0.25) is 4.79 Å². The van der Waals surface area contributed by atoms with Gasteiger partial charge in [0.1, 0.15) is 0 Å². The standard InChI is InChI=1S/C11H20N2O4S/c1-17-10-3-8-6-13(7-9(8)4-10)11(14)5-12-18(2,15)16/h8-10,12H,3-7H2,1-2H3/t8-,9+,10?. The van der Waals surface area contributed by atoms with Crippen LogP contribution >= 0.6 is 0 Å². The molecule has 1 saturated heterocycles. The summed E-state index contributed by atoms with van der Waals surface area (Å²) in [6.07, 6.45) is 3.39. The van der Waals surface area contributed by atoms with E-state index in [1.165, 1.54) is 0 Å². The zero-order valence-corrected chi connectivity index (χ0v) is 11.6. The Morgan fingerprint density at radius 3 is 2.33 bits per heavy atom. The molecular formula is C11H20N2O4S. The van der Waals surface area contributed by atoms with E-state index in [4.69, 9.17) is 4.74 Å². The van der Waals surface area contributed by atoms with E-state index in [9.17, 15) is 13.2 Å². The molecule has 6 nitrogen and oxygen atoms in total. The lowest BCUT2D eigenvalue weighted by atomic mass is 10.0. The van der Waals surface area contributed by atoms with Gasteiger partial charge in [-0.15, -0.1) is 0 Å². The van der Waals surface area contributed by atoms with Gasteiger partial charge in [-0.1, -0.05) is 0 Å². The number of rotatable bonds is 4. The SMILES string of the molecule is COC1C[C@@H]2CN(C(=O)CNS(C)(=O)=O)C[C@@H]2C1. The third-order valence-electron chi connectivity index (χ3n) is 3.88. The first-order chi connectivity index (χ1) is 8.39. The van der Waals surface area contributed by atoms with Gasteiger partial charge in [0.2, 0.25) is 15.9 Å². The minimum atomic E-state index is -3.30. The highest BCUT2D eigenvalue weighted by Gasteiger charge is 2.42. The topological polar surface area (TPSA) is 75.7 Å². The molecule has 104 valence electrons. The molecule has 0 bridgehead atoms. The molecule has 1 N–H and O–H groups in total. The number of sulfonamides is 1. The molecule has 2 aliphatic rings. The Labute approximate surface area is 108 Å². The Morgan fingerprint density at radius 1 is 1.33 bits per heavy atom. The average molecular weight is 276 g/mol. The summed E-state index contributed by atoms with van der Waals surface area (Å²) in [5.41, 5.74) is 0. The van der Waals surface area contributed by atoms with Crippen LogP contribution in [0.2, 0.25) is 0 Å². The molecule has 1 heterocycles. The van der Waals surface area contributed by atoms with E-state index in [0.717, 1.165) is 32.2 Å². The molecule has 3 atom stereocenters. The lowest BCUT2D eigenvalue weighted by Crippen LogP contribution is -2.39. The van der Waals surface area contributed by atoms with Crippen LogP contribution < -0.4 is 4.72 Å². The fourth-order valence-electron chi connectivity index (χ4n) is 2.95. The number of amides is 1. The van der Waals surface area contributed by atoms with Crippen molar-refractivity contribution in [2.24, 2.45) is 11.8 Å². The molecule has 0 aromatic heterocycles. The number of ether oxygens (including phenoxy) is 1. The fraction of sp³-hybridized carbons (Fsp3) is 0.909. The largest absolute Gasteiger partial charge is 0.381 e. The number of hydrogen-bond acceptors (Lipinski definition) is 4. The van der Waals surface area contributed by atoms with Crippen LogP contribution in [0.25, 0.3) is 0 Å². The minimum Gasteiger partial charge on any atom is -0.381 e. The highest BCUT2D eigenvalue weighted by molar-refractivity contribution is 7.88. The number of fused-ring (bicyclic) bond motifs is 1. The van der Waals surface area contributed by atoms with Crippen LogP contribution in [0.3, 0.4) is 0 Å². The molecule has 1 unspecified atom stereocenters. The van der Waals surface area contributed by atoms with E-state index >= 15 is 0 Å². The molecular weight excluding hydrogens is 256 g/mol. The average Bonchev–Trinajstić information content (AvgIpc) is 2.81. The van der Waals surface area contributed by atoms with Gasteiger partial charge >= 0.3 is 0 Å². The smallest absolute Gasteiger partial charge is 0.237 e. The summed E-state index contributed by atoms with van der Waals surface area (Å²) in [5, 5.41) is 0. The van der Waals surface area contributed by atoms with Crippen molar-refractivity contribution >= 4 is 15.9 Å². The lowest BCUT2D eigenvalue weighted by molar-refractivity contribution is -0.129. The fourth-order valence-corrected chi connectivity index (χ4v) is 3.33. The van der Waals surface area contributed by atoms with Crippen LogP contribution in [0, 0.1) is 11.8 Å². The minimum absolute atomic E-state index is 0.133. The normalized spacial score (nSPS) is 31.7. The van der Waals surface area contributed by atoms with Crippen molar-refractivity contribution in [1.29, 1.82) is 0 Å². The number of hydrogen-bond donors (Lipinski definition) is 1. The molecule has 7 heteroatoms. The summed E-state index contributed by atoms with van der Waals surface area (Å²) in [6.45, 7) is 1.33. The van der Waals surface area contributed by atoms with Crippen molar-refractivity contribution in [3.63, 3.8) is 0 Å². The number of carbonyl (C=O) groups excluding carboxylic acids is 1. The third-order valence-corrected chi connectivity index (χ3v) is 4.55. The summed E-state index contributed by atoms with van der Waals surface area (Å²) in [6, 6.07) is 0. The molecule has 0 aromatic rings. The second-order valence-corrected chi connectivity index (χ2v) is 7.07. The molecule has 1 aliphatic carbocycles. The van der Waals surface area contributed by atoms with Crippen molar-refractivity contribution in [3.8, 4) is 0 Å². The molecule has 0 aromatic carbocycles. The first-order valence-electron chi connectivity index (χ1n) is 6.14. The maximum Gasteiger partial charge on any atom is 0.237 e. The van der Waals surface area contributed by atoms with E-state index in [2.05, 4.69) is 4.72 Å². The molecule has 1 saturated carbocycles. The first-order valence-corrected chi connectivity index (χ1v) is 8.03. The first kappa shape index (κ1) is 13.8. The molecule has 2 fully saturated rings. The van der Waals surface area contributed by atoms with Crippen molar-refractivity contribution in [1.82, 2.24) is 9.62 Å². The number of methoxy groups -OCH3 is 1. The van der Waals surface area contributed by atoms with Gasteiger partial charge in [-0.25, -0.2) is 13.1 Å². The molecule has 0 spiro atoms. The van der Waals surface area contributed by atoms with E-state index in [1.54, 1.807) is 12.0 Å². The Balaban J connectivity index is 1.82. The van der Waals surface area contributed by atoms with Gasteiger partial charge in [0.25, 0.3) is 0 Å². The zero-order valence-electron chi connectivity index (χ0n) is 10.8. The second kappa shape index (κ2) is 5.14. The van der Waals surface area contributed by atoms with E-state index in [0.29, 0.717) is 17.9 Å². The monoisotopic (exact) mass is 276 g/mol. The Morgan fingerprint density at radius 2 is 1.89 bits per heavy atom. The maximum atomic E-state index is 11.8. The van der Waals surface area contributed by atoms with E-state index < -0.39 is 10.0 Å². The van der Waals surface area contributed by atoms with E-state index in [1.807, 2.05) is 0 Å². The van der Waals surface area contributed by atoms with Gasteiger partial charge in [-0.05, 0) is 24.7 Å². The van der Waals surface area contributed by atoms with Gasteiger partial charge in [0, 0.05) is 20.2 Å². The van der Waals surface area contributed by atoms with Crippen molar-refractivity contribution in [3.05, 3.63) is 0 Å². The van der Waals surface area contributed by atoms with Gasteiger partial charge in [0.05, 0.1) is 18.9 Å². The Kier molecular flexibility index (Phi) is 3.93. The molecule has 0 radical (unpaired) electrons. The summed E-state index contributed by atoms with van der Waals surface area (Å²) in [7, 11) is -1.57. The highest BCUT2D eigenvalue weighted by Crippen LogP contribution is 2.39. The maximum absolute atomic E-state index is 11.8. The molecule has 1 amide bonds. The Bertz CT molecular complexity index is 409. The van der Waals surface area contributed by atoms with Crippen molar-refractivity contribution in [2.45, 2.75) is 18.9 Å². The number of nitrogens with zero attached hydrogens (tertiary/aromatic N) is 1. The van der Waals surface area contributed by atoms with Gasteiger partial charge < -0.3 is 9.64 Å². The molecule has 2 rings (SSSR count). The number of nitrogens with one attached hydrogen (secondary N) is 1. The molecule has 1 aliphatic heterocycles. The third kappa shape index (κ3) is 3.21. The van der Waals surface area contributed by atoms with Crippen LogP contribution in [0.4, 0.5) is 0 Å². The van der Waals surface area contributed by atoms with Gasteiger partial charge in [0.15, 0.2) is 0 Å². The molecule has 18 heavy (non-hydrogen) atoms. The van der Waals surface area contributed by atoms with E-state index in [-0.39, 0.29) is 12.5 Å². The van der Waals surface area contributed by atoms with Crippen molar-refractivity contribution in [2.75, 3.05) is 33.0 Å². The van der Waals surface area contributed by atoms with Crippen molar-refractivity contribution < 1.29 is 17.9 Å². The van der Waals surface area contributed by atoms with Crippen LogP contribution in [0.5, 0.6) is 0 Å². The summed E-state index contributed by atoms with van der Waals surface area (Å²) in [4.78, 5) is 13.6. The summed E-state index contributed by atoms with van der Waals surface area (Å²) in [5.74, 6) is 0.887. The van der Waals surface area contributed by atoms with Crippen LogP contribution in [0.1, 0.15) is 12.8 Å². The predicted octanol–water partition coefficient (Wildman–Crippen LogP) is -0.581. The lowest BCUT2D eigenvalue weighted by Gasteiger charge is -2.18. The number of carbonyl (C=O) groups is 1. The number of likely N-dealkylation sites (tertiary alicyclic amines) is 1. The van der Waals surface area contributed by atoms with Crippen LogP contribution in [-0.2, 0) is 19.6 Å². The predicted molar refractivity (Wildman–Crippen MR) is 66.4 cm³/mol. The van der Waals surface area contributed by atoms with Crippen LogP contribution in [0.15, 0.2) is 0 Å². The second-order valence-electron chi connectivity index (χ2n) is 5.24. The highest BCUT2D eigenvalue weighted by atomic mass is 32.2. The Hall–Kier alpha value is -0.660. The van der Waals surface area contributed by atoms with Gasteiger partial charge in [-0.2, -0.15) is 0 Å². The zero-order chi connectivity index (χ0) is 13.3. The summed E-state index contributed by atoms with van der Waals surface area (Å²) < 4.78 is 29.4. The van der Waals surface area contributed by atoms with Crippen LogP contribution in [-0.4, -0.2) is 58.3 Å². The quantitative estimate of drug-likeness (QED) is 0.745.